The van der Waals surface area contributed by atoms with E-state index in [1.165, 1.54) is 54.6 Å². The van der Waals surface area contributed by atoms with Crippen molar-refractivity contribution in [3.8, 4) is 11.5 Å². The number of benzene rings is 5. The van der Waals surface area contributed by atoms with Crippen molar-refractivity contribution >= 4 is 24.0 Å². The first-order valence-corrected chi connectivity index (χ1v) is 20.2. The summed E-state index contributed by atoms with van der Waals surface area (Å²) in [5, 5.41) is 0. The number of alkyl halides is 9. The summed E-state index contributed by atoms with van der Waals surface area (Å²) >= 11 is 0. The van der Waals surface area contributed by atoms with Crippen molar-refractivity contribution in [2.24, 2.45) is 0 Å². The molecule has 4 atom stereocenters. The summed E-state index contributed by atoms with van der Waals surface area (Å²) < 4.78 is 165. The van der Waals surface area contributed by atoms with Gasteiger partial charge in [-0.3, -0.25) is 0 Å². The molecule has 18 heteroatoms. The third kappa shape index (κ3) is 10.9. The normalized spacial score (nSPS) is 15.4. The molecule has 0 fully saturated rings. The molecule has 0 aliphatic carbocycles. The van der Waals surface area contributed by atoms with E-state index in [0.29, 0.717) is 21.3 Å². The van der Waals surface area contributed by atoms with Crippen LogP contribution in [-0.2, 0) is 56.6 Å². The monoisotopic (exact) mass is 946 g/mol. The summed E-state index contributed by atoms with van der Waals surface area (Å²) in [7, 11) is 1.84. The Bertz CT molecular complexity index is 2450. The lowest BCUT2D eigenvalue weighted by Gasteiger charge is -2.34. The molecule has 0 unspecified atom stereocenters. The Kier molecular flexibility index (Phi) is 16.5. The molecule has 0 aliphatic rings. The Hall–Kier alpha value is -6.50. The molecule has 67 heavy (non-hydrogen) atoms. The SMILES string of the molecule is CO[C@](C(=O)Oc1ccc(CC[C@@H](CC/C=C/c2ccccc2)OC(=O)[C@@](OC)(c2ccccc2)C(F)(F)F)cc1OC(=O)[C@@](OC)(c1ccccc1)C(F)(F)F)(c1ccccc1)C(F)(F)F. The second kappa shape index (κ2) is 21.4. The van der Waals surface area contributed by atoms with Gasteiger partial charge in [-0.2, -0.15) is 39.5 Å². The van der Waals surface area contributed by atoms with Gasteiger partial charge in [0.2, 0.25) is 0 Å². The molecule has 0 spiro atoms. The van der Waals surface area contributed by atoms with Crippen molar-refractivity contribution in [3.63, 3.8) is 0 Å². The molecule has 0 radical (unpaired) electrons. The first-order chi connectivity index (χ1) is 31.7. The van der Waals surface area contributed by atoms with Crippen molar-refractivity contribution in [3.05, 3.63) is 173 Å². The smallest absolute Gasteiger partial charge is 0.432 e. The predicted octanol–water partition coefficient (Wildman–Crippen LogP) is 11.1. The molecule has 5 aromatic rings. The molecule has 0 saturated heterocycles. The van der Waals surface area contributed by atoms with Gasteiger partial charge in [0.25, 0.3) is 16.8 Å². The van der Waals surface area contributed by atoms with Crippen LogP contribution in [-0.4, -0.2) is 63.9 Å². The molecule has 356 valence electrons. The van der Waals surface area contributed by atoms with Crippen LogP contribution in [0.1, 0.15) is 47.1 Å². The van der Waals surface area contributed by atoms with Crippen LogP contribution in [0, 0.1) is 0 Å². The summed E-state index contributed by atoms with van der Waals surface area (Å²) in [6.45, 7) is 0. The molecule has 9 nitrogen and oxygen atoms in total. The van der Waals surface area contributed by atoms with Gasteiger partial charge in [-0.15, -0.1) is 0 Å². The first kappa shape index (κ1) is 51.5. The van der Waals surface area contributed by atoms with Crippen LogP contribution in [0.15, 0.2) is 146 Å². The highest BCUT2D eigenvalue weighted by atomic mass is 19.4. The topological polar surface area (TPSA) is 107 Å². The van der Waals surface area contributed by atoms with E-state index in [-0.39, 0.29) is 31.2 Å². The van der Waals surface area contributed by atoms with Crippen LogP contribution in [0.4, 0.5) is 39.5 Å². The first-order valence-electron chi connectivity index (χ1n) is 20.2. The van der Waals surface area contributed by atoms with Crippen LogP contribution in [0.2, 0.25) is 0 Å². The fourth-order valence-electron chi connectivity index (χ4n) is 7.27. The summed E-state index contributed by atoms with van der Waals surface area (Å²) in [4.78, 5) is 41.4. The van der Waals surface area contributed by atoms with Crippen LogP contribution in [0.5, 0.6) is 11.5 Å². The second-order valence-corrected chi connectivity index (χ2v) is 14.8. The van der Waals surface area contributed by atoms with Gasteiger partial charge in [0.15, 0.2) is 11.5 Å². The van der Waals surface area contributed by atoms with Gasteiger partial charge in [0.1, 0.15) is 6.10 Å². The standard InChI is InChI=1S/C49H43F9O9/c1-62-44(47(50,51)52,35-21-10-5-11-22-35)41(59)65-38(27-17-16-20-33-18-8-4-9-19-33)30-28-34-29-31-39(66-42(60)45(63-2,48(53,54)55)36-23-12-6-13-24-36)40(32-34)67-43(61)46(64-3,49(56,57)58)37-25-14-7-15-26-37/h4-16,18-26,29,31-32,38H,17,27-28,30H2,1-3H3/b20-16+/t38-,44+,45+,46+/m1/s1. The zero-order chi connectivity index (χ0) is 49.1. The summed E-state index contributed by atoms with van der Waals surface area (Å²) in [5.41, 5.74) is -12.5. The van der Waals surface area contributed by atoms with Gasteiger partial charge in [0.05, 0.1) is 0 Å². The Morgan fingerprint density at radius 2 is 0.881 bits per heavy atom. The minimum Gasteiger partial charge on any atom is -0.460 e. The van der Waals surface area contributed by atoms with E-state index in [2.05, 4.69) is 0 Å². The number of carbonyl (C=O) groups is 3. The summed E-state index contributed by atoms with van der Waals surface area (Å²) in [6.07, 6.45) is -14.7. The summed E-state index contributed by atoms with van der Waals surface area (Å²) in [5.74, 6) is -8.07. The Morgan fingerprint density at radius 1 is 0.493 bits per heavy atom. The van der Waals surface area contributed by atoms with E-state index in [1.54, 1.807) is 42.5 Å². The number of allylic oxidation sites excluding steroid dienone is 1. The van der Waals surface area contributed by atoms with Gasteiger partial charge in [-0.1, -0.05) is 140 Å². The average Bonchev–Trinajstić information content (AvgIpc) is 3.29. The number of halogens is 9. The highest BCUT2D eigenvalue weighted by Gasteiger charge is 2.66. The third-order valence-corrected chi connectivity index (χ3v) is 10.7. The fourth-order valence-corrected chi connectivity index (χ4v) is 7.27. The second-order valence-electron chi connectivity index (χ2n) is 14.8. The minimum atomic E-state index is -5.52. The Morgan fingerprint density at radius 3 is 1.28 bits per heavy atom. The van der Waals surface area contributed by atoms with E-state index < -0.39 is 87.5 Å². The van der Waals surface area contributed by atoms with Crippen molar-refractivity contribution in [1.29, 1.82) is 0 Å². The van der Waals surface area contributed by atoms with Crippen LogP contribution in [0.25, 0.3) is 6.08 Å². The van der Waals surface area contributed by atoms with Crippen LogP contribution >= 0.6 is 0 Å². The van der Waals surface area contributed by atoms with Crippen molar-refractivity contribution in [2.75, 3.05) is 21.3 Å². The fraction of sp³-hybridized carbons (Fsp3) is 0.286. The molecular weight excluding hydrogens is 904 g/mol. The maximum atomic E-state index is 15.0. The number of ether oxygens (including phenoxy) is 6. The van der Waals surface area contributed by atoms with Gasteiger partial charge in [-0.25, -0.2) is 14.4 Å². The lowest BCUT2D eigenvalue weighted by Crippen LogP contribution is -2.53. The molecule has 0 N–H and O–H groups in total. The number of aryl methyl sites for hydroxylation is 1. The number of methoxy groups -OCH3 is 3. The Balaban J connectivity index is 1.56. The zero-order valence-corrected chi connectivity index (χ0v) is 35.9. The van der Waals surface area contributed by atoms with Gasteiger partial charge in [0, 0.05) is 38.0 Å². The number of rotatable bonds is 19. The molecule has 0 heterocycles. The number of carbonyl (C=O) groups excluding carboxylic acids is 3. The van der Waals surface area contributed by atoms with E-state index in [0.717, 1.165) is 60.2 Å². The lowest BCUT2D eigenvalue weighted by molar-refractivity contribution is -0.278. The maximum Gasteiger partial charge on any atom is 0.432 e. The quantitative estimate of drug-likeness (QED) is 0.0454. The van der Waals surface area contributed by atoms with E-state index >= 15 is 0 Å². The zero-order valence-electron chi connectivity index (χ0n) is 35.9. The molecule has 0 amide bonds. The molecule has 5 aromatic carbocycles. The highest BCUT2D eigenvalue weighted by molar-refractivity contribution is 5.87. The number of hydrogen-bond acceptors (Lipinski definition) is 9. The van der Waals surface area contributed by atoms with Crippen LogP contribution < -0.4 is 9.47 Å². The number of hydrogen-bond donors (Lipinski definition) is 0. The van der Waals surface area contributed by atoms with Crippen molar-refractivity contribution < 1.29 is 82.3 Å². The van der Waals surface area contributed by atoms with Crippen molar-refractivity contribution in [2.45, 2.75) is 67.1 Å². The van der Waals surface area contributed by atoms with Gasteiger partial charge in [-0.05, 0) is 48.9 Å². The average molecular weight is 947 g/mol. The molecule has 0 saturated carbocycles. The lowest BCUT2D eigenvalue weighted by atomic mass is 9.92. The molecule has 0 aromatic heterocycles. The van der Waals surface area contributed by atoms with Gasteiger partial charge >= 0.3 is 36.4 Å². The molecule has 0 bridgehead atoms. The van der Waals surface area contributed by atoms with E-state index in [1.807, 2.05) is 0 Å². The molecule has 5 rings (SSSR count). The van der Waals surface area contributed by atoms with E-state index in [9.17, 15) is 53.9 Å². The Labute approximate surface area is 379 Å². The third-order valence-electron chi connectivity index (χ3n) is 10.7. The van der Waals surface area contributed by atoms with Crippen molar-refractivity contribution in [1.82, 2.24) is 0 Å². The minimum absolute atomic E-state index is 0.0204. The maximum absolute atomic E-state index is 15.0. The van der Waals surface area contributed by atoms with E-state index in [4.69, 9.17) is 28.4 Å². The highest BCUT2D eigenvalue weighted by Crippen LogP contribution is 2.47. The molecule has 0 aliphatic heterocycles. The number of esters is 3. The largest absolute Gasteiger partial charge is 0.460 e. The van der Waals surface area contributed by atoms with Gasteiger partial charge < -0.3 is 28.4 Å². The predicted molar refractivity (Wildman–Crippen MR) is 224 cm³/mol. The molecular formula is C49H43F9O9. The summed E-state index contributed by atoms with van der Waals surface area (Å²) in [6, 6.07) is 28.9. The van der Waals surface area contributed by atoms with Crippen LogP contribution in [0.3, 0.4) is 0 Å².